The van der Waals surface area contributed by atoms with E-state index in [1.807, 2.05) is 0 Å². The maximum atomic E-state index is 12.3. The van der Waals surface area contributed by atoms with E-state index in [1.165, 1.54) is 0 Å². The molecule has 1 fully saturated rings. The number of hydrogen-bond donors (Lipinski definition) is 0. The highest BCUT2D eigenvalue weighted by atomic mass is 35.5. The molecular formula is C14H19ClN2O3S. The van der Waals surface area contributed by atoms with Gasteiger partial charge in [0.25, 0.3) is 0 Å². The minimum absolute atomic E-state index is 0.169. The van der Waals surface area contributed by atoms with Crippen molar-refractivity contribution in [3.05, 3.63) is 28.8 Å². The number of amides is 1. The number of carbonyl (C=O) groups excluding carboxylic acids is 1. The summed E-state index contributed by atoms with van der Waals surface area (Å²) in [4.78, 5) is 14.0. The van der Waals surface area contributed by atoms with Gasteiger partial charge in [0.05, 0.1) is 11.9 Å². The lowest BCUT2D eigenvalue weighted by atomic mass is 10.2. The lowest BCUT2D eigenvalue weighted by Crippen LogP contribution is -2.41. The first-order valence-electron chi connectivity index (χ1n) is 6.80. The van der Waals surface area contributed by atoms with Crippen molar-refractivity contribution in [1.29, 1.82) is 0 Å². The van der Waals surface area contributed by atoms with Crippen LogP contribution in [-0.4, -0.2) is 45.1 Å². The minimum Gasteiger partial charge on any atom is -0.341 e. The Hall–Kier alpha value is -1.27. The molecule has 0 unspecified atom stereocenters. The van der Waals surface area contributed by atoms with Crippen LogP contribution in [0.1, 0.15) is 18.4 Å². The zero-order valence-corrected chi connectivity index (χ0v) is 13.7. The van der Waals surface area contributed by atoms with Crippen molar-refractivity contribution in [3.63, 3.8) is 0 Å². The Morgan fingerprint density at radius 2 is 1.95 bits per heavy atom. The summed E-state index contributed by atoms with van der Waals surface area (Å²) in [5.41, 5.74) is 1.22. The lowest BCUT2D eigenvalue weighted by Gasteiger charge is -2.26. The van der Waals surface area contributed by atoms with Crippen molar-refractivity contribution in [2.75, 3.05) is 30.2 Å². The van der Waals surface area contributed by atoms with Crippen molar-refractivity contribution in [1.82, 2.24) is 4.90 Å². The maximum absolute atomic E-state index is 12.3. The van der Waals surface area contributed by atoms with Crippen LogP contribution in [0.25, 0.3) is 0 Å². The molecule has 116 valence electrons. The smallest absolute Gasteiger partial charge is 0.243 e. The third-order valence-electron chi connectivity index (χ3n) is 3.58. The second-order valence-corrected chi connectivity index (χ2v) is 7.63. The molecule has 0 spiro atoms. The molecule has 1 amide bonds. The number of nitrogens with zero attached hydrogens (tertiary/aromatic N) is 2. The lowest BCUT2D eigenvalue weighted by molar-refractivity contribution is -0.128. The van der Waals surface area contributed by atoms with Crippen LogP contribution < -0.4 is 4.31 Å². The van der Waals surface area contributed by atoms with E-state index in [0.29, 0.717) is 23.8 Å². The van der Waals surface area contributed by atoms with Gasteiger partial charge in [-0.2, -0.15) is 0 Å². The second kappa shape index (κ2) is 6.23. The first-order valence-corrected chi connectivity index (χ1v) is 9.03. The number of hydrogen-bond acceptors (Lipinski definition) is 3. The summed E-state index contributed by atoms with van der Waals surface area (Å²) in [6.07, 6.45) is 3.05. The summed E-state index contributed by atoms with van der Waals surface area (Å²) in [6.45, 7) is 3.01. The molecule has 7 heteroatoms. The fourth-order valence-corrected chi connectivity index (χ4v) is 3.49. The second-order valence-electron chi connectivity index (χ2n) is 5.29. The van der Waals surface area contributed by atoms with Crippen LogP contribution >= 0.6 is 11.6 Å². The molecule has 0 bridgehead atoms. The van der Waals surface area contributed by atoms with Gasteiger partial charge in [-0.15, -0.1) is 0 Å². The van der Waals surface area contributed by atoms with E-state index in [9.17, 15) is 13.2 Å². The zero-order chi connectivity index (χ0) is 15.6. The Balaban J connectivity index is 2.31. The standard InChI is InChI=1S/C14H19ClN2O3S/c1-11-5-6-12(15)9-13(11)17(21(2,19)20)10-14(18)16-7-3-4-8-16/h5-6,9H,3-4,7-8,10H2,1-2H3. The molecule has 1 aliphatic heterocycles. The molecule has 0 aliphatic carbocycles. The Morgan fingerprint density at radius 3 is 2.52 bits per heavy atom. The minimum atomic E-state index is -3.55. The average molecular weight is 331 g/mol. The van der Waals surface area contributed by atoms with Crippen LogP contribution in [0, 0.1) is 6.92 Å². The normalized spacial score (nSPS) is 15.3. The highest BCUT2D eigenvalue weighted by Crippen LogP contribution is 2.26. The number of halogens is 1. The van der Waals surface area contributed by atoms with Gasteiger partial charge >= 0.3 is 0 Å². The van der Waals surface area contributed by atoms with Gasteiger partial charge in [-0.3, -0.25) is 9.10 Å². The fourth-order valence-electron chi connectivity index (χ4n) is 2.42. The fraction of sp³-hybridized carbons (Fsp3) is 0.500. The van der Waals surface area contributed by atoms with E-state index in [4.69, 9.17) is 11.6 Å². The van der Waals surface area contributed by atoms with Crippen LogP contribution in [0.3, 0.4) is 0 Å². The Kier molecular flexibility index (Phi) is 4.78. The molecule has 0 radical (unpaired) electrons. The van der Waals surface area contributed by atoms with Crippen LogP contribution in [0.5, 0.6) is 0 Å². The van der Waals surface area contributed by atoms with Crippen molar-refractivity contribution < 1.29 is 13.2 Å². The zero-order valence-electron chi connectivity index (χ0n) is 12.2. The van der Waals surface area contributed by atoms with Crippen molar-refractivity contribution in [2.24, 2.45) is 0 Å². The maximum Gasteiger partial charge on any atom is 0.243 e. The van der Waals surface area contributed by atoms with E-state index < -0.39 is 10.0 Å². The summed E-state index contributed by atoms with van der Waals surface area (Å²) in [5.74, 6) is -0.169. The SMILES string of the molecule is Cc1ccc(Cl)cc1N(CC(=O)N1CCCC1)S(C)(=O)=O. The molecule has 1 aromatic carbocycles. The number of likely N-dealkylation sites (tertiary alicyclic amines) is 1. The largest absolute Gasteiger partial charge is 0.341 e. The van der Waals surface area contributed by atoms with Gasteiger partial charge in [-0.05, 0) is 37.5 Å². The number of anilines is 1. The quantitative estimate of drug-likeness (QED) is 0.849. The first kappa shape index (κ1) is 16.1. The summed E-state index contributed by atoms with van der Waals surface area (Å²) >= 11 is 5.96. The number of aryl methyl sites for hydroxylation is 1. The number of carbonyl (C=O) groups is 1. The van der Waals surface area contributed by atoms with E-state index in [1.54, 1.807) is 30.0 Å². The Morgan fingerprint density at radius 1 is 1.33 bits per heavy atom. The number of sulfonamides is 1. The van der Waals surface area contributed by atoms with Gasteiger partial charge in [0.15, 0.2) is 0 Å². The molecular weight excluding hydrogens is 312 g/mol. The molecule has 1 aliphatic rings. The van der Waals surface area contributed by atoms with Crippen LogP contribution in [0.15, 0.2) is 18.2 Å². The summed E-state index contributed by atoms with van der Waals surface area (Å²) < 4.78 is 25.2. The summed E-state index contributed by atoms with van der Waals surface area (Å²) in [7, 11) is -3.55. The van der Waals surface area contributed by atoms with E-state index in [-0.39, 0.29) is 12.5 Å². The van der Waals surface area contributed by atoms with Crippen molar-refractivity contribution in [3.8, 4) is 0 Å². The van der Waals surface area contributed by atoms with Gasteiger partial charge in [0.2, 0.25) is 15.9 Å². The summed E-state index contributed by atoms with van der Waals surface area (Å²) in [6, 6.07) is 5.02. The van der Waals surface area contributed by atoms with Crippen LogP contribution in [0.4, 0.5) is 5.69 Å². The predicted octanol–water partition coefficient (Wildman–Crippen LogP) is 2.04. The molecule has 1 saturated heterocycles. The van der Waals surface area contributed by atoms with Crippen molar-refractivity contribution >= 4 is 33.2 Å². The molecule has 0 N–H and O–H groups in total. The van der Waals surface area contributed by atoms with Gasteiger partial charge < -0.3 is 4.90 Å². The molecule has 0 atom stereocenters. The van der Waals surface area contributed by atoms with Gasteiger partial charge in [0, 0.05) is 18.1 Å². The topological polar surface area (TPSA) is 57.7 Å². The van der Waals surface area contributed by atoms with Gasteiger partial charge in [-0.25, -0.2) is 8.42 Å². The molecule has 5 nitrogen and oxygen atoms in total. The van der Waals surface area contributed by atoms with Gasteiger partial charge in [-0.1, -0.05) is 17.7 Å². The Bertz CT molecular complexity index is 640. The Labute approximate surface area is 130 Å². The molecule has 0 aromatic heterocycles. The third-order valence-corrected chi connectivity index (χ3v) is 4.94. The van der Waals surface area contributed by atoms with E-state index in [2.05, 4.69) is 0 Å². The first-order chi connectivity index (χ1) is 9.79. The van der Waals surface area contributed by atoms with Gasteiger partial charge in [0.1, 0.15) is 6.54 Å². The molecule has 0 saturated carbocycles. The summed E-state index contributed by atoms with van der Waals surface area (Å²) in [5, 5.41) is 0.442. The number of benzene rings is 1. The monoisotopic (exact) mass is 330 g/mol. The number of rotatable bonds is 4. The average Bonchev–Trinajstić information content (AvgIpc) is 2.91. The highest BCUT2D eigenvalue weighted by Gasteiger charge is 2.26. The molecule has 21 heavy (non-hydrogen) atoms. The van der Waals surface area contributed by atoms with E-state index in [0.717, 1.165) is 29.0 Å². The predicted molar refractivity (Wildman–Crippen MR) is 84.2 cm³/mol. The third kappa shape index (κ3) is 3.89. The van der Waals surface area contributed by atoms with E-state index >= 15 is 0 Å². The van der Waals surface area contributed by atoms with Crippen LogP contribution in [0.2, 0.25) is 5.02 Å². The molecule has 1 heterocycles. The van der Waals surface area contributed by atoms with Crippen molar-refractivity contribution in [2.45, 2.75) is 19.8 Å². The highest BCUT2D eigenvalue weighted by molar-refractivity contribution is 7.92. The van der Waals surface area contributed by atoms with Crippen LogP contribution in [-0.2, 0) is 14.8 Å². The molecule has 1 aromatic rings. The molecule has 2 rings (SSSR count).